The van der Waals surface area contributed by atoms with Crippen molar-refractivity contribution >= 4 is 17.5 Å². The quantitative estimate of drug-likeness (QED) is 0.535. The Morgan fingerprint density at radius 2 is 1.96 bits per heavy atom. The monoisotopic (exact) mass is 397 g/mol. The van der Waals surface area contributed by atoms with Crippen LogP contribution in [-0.2, 0) is 19.1 Å². The molecule has 0 bridgehead atoms. The highest BCUT2D eigenvalue weighted by Gasteiger charge is 2.39. The van der Waals surface area contributed by atoms with E-state index >= 15 is 0 Å². The second-order valence-electron chi connectivity index (χ2n) is 8.97. The van der Waals surface area contributed by atoms with Crippen LogP contribution in [0.4, 0.5) is 0 Å². The molecule has 0 aromatic rings. The maximum atomic E-state index is 12.6. The summed E-state index contributed by atoms with van der Waals surface area (Å²) in [5.41, 5.74) is -1.31. The highest BCUT2D eigenvalue weighted by molar-refractivity contribution is 6.08. The molecule has 2 heterocycles. The van der Waals surface area contributed by atoms with E-state index in [1.54, 1.807) is 13.8 Å². The summed E-state index contributed by atoms with van der Waals surface area (Å²) >= 11 is 0. The van der Waals surface area contributed by atoms with Crippen LogP contribution >= 0.6 is 0 Å². The number of carbonyl (C=O) groups excluding carboxylic acids is 2. The average Bonchev–Trinajstić information content (AvgIpc) is 3.08. The van der Waals surface area contributed by atoms with Crippen LogP contribution in [0.2, 0.25) is 0 Å². The van der Waals surface area contributed by atoms with Gasteiger partial charge in [0.15, 0.2) is 6.29 Å². The van der Waals surface area contributed by atoms with Gasteiger partial charge in [-0.05, 0) is 39.5 Å². The number of amides is 2. The maximum absolute atomic E-state index is 12.6. The van der Waals surface area contributed by atoms with Crippen molar-refractivity contribution in [2.75, 3.05) is 26.3 Å². The van der Waals surface area contributed by atoms with Crippen molar-refractivity contribution in [2.45, 2.75) is 77.7 Å². The van der Waals surface area contributed by atoms with E-state index in [0.717, 1.165) is 19.3 Å². The third kappa shape index (κ3) is 6.07. The lowest BCUT2D eigenvalue weighted by Crippen LogP contribution is -2.55. The Morgan fingerprint density at radius 3 is 2.54 bits per heavy atom. The molecule has 8 heteroatoms. The molecule has 3 N–H and O–H groups in total. The molecule has 2 fully saturated rings. The zero-order valence-electron chi connectivity index (χ0n) is 17.5. The molecule has 0 radical (unpaired) electrons. The van der Waals surface area contributed by atoms with E-state index in [1.807, 2.05) is 18.7 Å². The SMILES string of the molecule is CC(C)(COC1CCCCO1)C(=N)CC(=O)NC(=O)C(C)(C)N1CCC(O)C1. The minimum absolute atomic E-state index is 0.160. The van der Waals surface area contributed by atoms with Gasteiger partial charge < -0.3 is 20.0 Å². The van der Waals surface area contributed by atoms with Gasteiger partial charge in [-0.1, -0.05) is 13.8 Å². The fraction of sp³-hybridized carbons (Fsp3) is 0.850. The van der Waals surface area contributed by atoms with Crippen LogP contribution in [0.15, 0.2) is 0 Å². The molecular weight excluding hydrogens is 362 g/mol. The first kappa shape index (κ1) is 22.9. The summed E-state index contributed by atoms with van der Waals surface area (Å²) < 4.78 is 11.3. The van der Waals surface area contributed by atoms with E-state index in [4.69, 9.17) is 14.9 Å². The van der Waals surface area contributed by atoms with Crippen molar-refractivity contribution in [3.8, 4) is 0 Å². The number of imide groups is 1. The Labute approximate surface area is 167 Å². The minimum Gasteiger partial charge on any atom is -0.392 e. The summed E-state index contributed by atoms with van der Waals surface area (Å²) in [6, 6.07) is 0. The lowest BCUT2D eigenvalue weighted by Gasteiger charge is -2.33. The van der Waals surface area contributed by atoms with Crippen LogP contribution in [0.3, 0.4) is 0 Å². The van der Waals surface area contributed by atoms with Gasteiger partial charge >= 0.3 is 0 Å². The number of nitrogens with one attached hydrogen (secondary N) is 2. The van der Waals surface area contributed by atoms with Gasteiger partial charge in [-0.25, -0.2) is 0 Å². The van der Waals surface area contributed by atoms with Gasteiger partial charge in [0.2, 0.25) is 11.8 Å². The van der Waals surface area contributed by atoms with Crippen molar-refractivity contribution in [2.24, 2.45) is 5.41 Å². The molecule has 160 valence electrons. The standard InChI is InChI=1S/C20H35N3O5/c1-19(2,13-28-17-7-5-6-10-27-17)15(21)11-16(25)22-18(26)20(3,4)23-9-8-14(24)12-23/h14,17,21,24H,5-13H2,1-4H3,(H,22,25,26). The van der Waals surface area contributed by atoms with Crippen LogP contribution in [-0.4, -0.2) is 71.8 Å². The van der Waals surface area contributed by atoms with Crippen molar-refractivity contribution in [1.82, 2.24) is 10.2 Å². The number of hydrogen-bond donors (Lipinski definition) is 3. The van der Waals surface area contributed by atoms with Gasteiger partial charge in [0.1, 0.15) is 0 Å². The van der Waals surface area contributed by atoms with Crippen molar-refractivity contribution in [1.29, 1.82) is 5.41 Å². The van der Waals surface area contributed by atoms with Crippen molar-refractivity contribution in [3.05, 3.63) is 0 Å². The second kappa shape index (κ2) is 9.43. The Morgan fingerprint density at radius 1 is 1.25 bits per heavy atom. The fourth-order valence-corrected chi connectivity index (χ4v) is 3.35. The number of nitrogens with zero attached hydrogens (tertiary/aromatic N) is 1. The fourth-order valence-electron chi connectivity index (χ4n) is 3.35. The van der Waals surface area contributed by atoms with Crippen LogP contribution in [0.1, 0.15) is 59.8 Å². The predicted molar refractivity (Wildman–Crippen MR) is 105 cm³/mol. The van der Waals surface area contributed by atoms with Crippen molar-refractivity contribution in [3.63, 3.8) is 0 Å². The number of likely N-dealkylation sites (tertiary alicyclic amines) is 1. The van der Waals surface area contributed by atoms with Gasteiger partial charge in [-0.2, -0.15) is 0 Å². The van der Waals surface area contributed by atoms with Gasteiger partial charge in [0.05, 0.1) is 24.7 Å². The molecule has 28 heavy (non-hydrogen) atoms. The van der Waals surface area contributed by atoms with Crippen LogP contribution < -0.4 is 5.32 Å². The Kier molecular flexibility index (Phi) is 7.73. The molecule has 0 saturated carbocycles. The third-order valence-electron chi connectivity index (χ3n) is 5.68. The van der Waals surface area contributed by atoms with E-state index in [2.05, 4.69) is 5.32 Å². The number of hydrogen-bond acceptors (Lipinski definition) is 7. The van der Waals surface area contributed by atoms with Gasteiger partial charge in [0.25, 0.3) is 0 Å². The predicted octanol–water partition coefficient (Wildman–Crippen LogP) is 1.45. The molecule has 0 aliphatic carbocycles. The van der Waals surface area contributed by atoms with E-state index in [9.17, 15) is 14.7 Å². The third-order valence-corrected chi connectivity index (χ3v) is 5.68. The number of β-amino-alcohol motifs (C(OH)–C–C–N with tert-alkyl or cyclic N) is 1. The van der Waals surface area contributed by atoms with Crippen LogP contribution in [0.25, 0.3) is 0 Å². The molecule has 0 aromatic carbocycles. The summed E-state index contributed by atoms with van der Waals surface area (Å²) in [7, 11) is 0. The Balaban J connectivity index is 1.81. The molecule has 2 aliphatic rings. The van der Waals surface area contributed by atoms with Gasteiger partial charge in [-0.3, -0.25) is 19.8 Å². The molecule has 8 nitrogen and oxygen atoms in total. The summed E-state index contributed by atoms with van der Waals surface area (Å²) in [4.78, 5) is 26.8. The van der Waals surface area contributed by atoms with E-state index in [0.29, 0.717) is 26.1 Å². The number of rotatable bonds is 8. The van der Waals surface area contributed by atoms with E-state index in [1.165, 1.54) is 0 Å². The molecule has 2 rings (SSSR count). The summed E-state index contributed by atoms with van der Waals surface area (Å²) in [6.07, 6.45) is 2.73. The van der Waals surface area contributed by atoms with Crippen molar-refractivity contribution < 1.29 is 24.2 Å². The lowest BCUT2D eigenvalue weighted by molar-refractivity contribution is -0.171. The maximum Gasteiger partial charge on any atom is 0.246 e. The summed E-state index contributed by atoms with van der Waals surface area (Å²) in [5.74, 6) is -0.908. The van der Waals surface area contributed by atoms with Gasteiger partial charge in [-0.15, -0.1) is 0 Å². The molecule has 2 atom stereocenters. The normalized spacial score (nSPS) is 24.2. The zero-order chi connectivity index (χ0) is 20.9. The van der Waals surface area contributed by atoms with Gasteiger partial charge in [0, 0.05) is 30.8 Å². The molecule has 0 spiro atoms. The summed E-state index contributed by atoms with van der Waals surface area (Å²) in [6.45, 7) is 9.18. The molecular formula is C20H35N3O5. The number of ether oxygens (including phenoxy) is 2. The molecule has 0 aromatic heterocycles. The van der Waals surface area contributed by atoms with Crippen LogP contribution in [0, 0.1) is 10.8 Å². The summed E-state index contributed by atoms with van der Waals surface area (Å²) in [5, 5.41) is 20.4. The minimum atomic E-state index is -0.897. The highest BCUT2D eigenvalue weighted by Crippen LogP contribution is 2.24. The number of aliphatic hydroxyl groups excluding tert-OH is 1. The highest BCUT2D eigenvalue weighted by atomic mass is 16.7. The van der Waals surface area contributed by atoms with E-state index in [-0.39, 0.29) is 25.0 Å². The zero-order valence-corrected chi connectivity index (χ0v) is 17.5. The number of aliphatic hydroxyl groups is 1. The van der Waals surface area contributed by atoms with E-state index < -0.39 is 28.9 Å². The second-order valence-corrected chi connectivity index (χ2v) is 8.97. The first-order chi connectivity index (χ1) is 13.0. The topological polar surface area (TPSA) is 112 Å². The first-order valence-corrected chi connectivity index (χ1v) is 10.1. The molecule has 2 saturated heterocycles. The number of carbonyl (C=O) groups is 2. The smallest absolute Gasteiger partial charge is 0.246 e. The first-order valence-electron chi connectivity index (χ1n) is 10.1. The molecule has 2 amide bonds. The largest absolute Gasteiger partial charge is 0.392 e. The lowest BCUT2D eigenvalue weighted by atomic mass is 9.86. The Bertz CT molecular complexity index is 584. The average molecular weight is 398 g/mol. The van der Waals surface area contributed by atoms with Crippen LogP contribution in [0.5, 0.6) is 0 Å². The Hall–Kier alpha value is -1.35. The molecule has 2 aliphatic heterocycles. The molecule has 2 unspecified atom stereocenters.